The molecule has 0 saturated heterocycles. The van der Waals surface area contributed by atoms with Gasteiger partial charge in [0.15, 0.2) is 17.3 Å². The third-order valence-corrected chi connectivity index (χ3v) is 10.0. The monoisotopic (exact) mass is 774 g/mol. The van der Waals surface area contributed by atoms with Crippen LogP contribution in [0.5, 0.6) is 0 Å². The highest BCUT2D eigenvalue weighted by molar-refractivity contribution is 5.96. The Bertz CT molecular complexity index is 2140. The maximum absolute atomic E-state index is 14.3. The molecule has 5 atom stereocenters. The number of fused-ring (bicyclic) bond motifs is 1. The Morgan fingerprint density at radius 2 is 1.42 bits per heavy atom. The van der Waals surface area contributed by atoms with Crippen LogP contribution < -0.4 is 22.1 Å². The fourth-order valence-corrected chi connectivity index (χ4v) is 6.59. The number of urea groups is 1. The number of hydrogen-bond donors (Lipinski definition) is 6. The molecular formula is C43H50N8O6. The van der Waals surface area contributed by atoms with E-state index in [1.54, 1.807) is 19.3 Å². The SMILES string of the molecule is C[C@H](CC(=O)[C@@H](Cc1ccccc1)NC(=O)[C@@H](CC(=O)[C@H](C)NC(=O)N(CC(=O)[C@@H](N)Cc1cnc[nH]1)Cc1ccccc1)Cc1c[nH]c2ccccc12)C(N)=O. The molecular weight excluding hydrogens is 725 g/mol. The van der Waals surface area contributed by atoms with Gasteiger partial charge in [0.2, 0.25) is 11.8 Å². The molecule has 2 aromatic heterocycles. The van der Waals surface area contributed by atoms with Crippen molar-refractivity contribution in [2.75, 3.05) is 6.54 Å². The third kappa shape index (κ3) is 12.0. The van der Waals surface area contributed by atoms with E-state index in [2.05, 4.69) is 25.6 Å². The van der Waals surface area contributed by atoms with Gasteiger partial charge in [-0.3, -0.25) is 24.0 Å². The van der Waals surface area contributed by atoms with Gasteiger partial charge in [-0.25, -0.2) is 9.78 Å². The molecule has 4 amide bonds. The van der Waals surface area contributed by atoms with Crippen LogP contribution in [0.25, 0.3) is 10.9 Å². The Morgan fingerprint density at radius 3 is 2.09 bits per heavy atom. The number of carbonyl (C=O) groups excluding carboxylic acids is 6. The van der Waals surface area contributed by atoms with E-state index in [1.165, 1.54) is 18.2 Å². The van der Waals surface area contributed by atoms with Crippen molar-refractivity contribution in [1.29, 1.82) is 0 Å². The summed E-state index contributed by atoms with van der Waals surface area (Å²) in [7, 11) is 0. The molecule has 3 aromatic carbocycles. The van der Waals surface area contributed by atoms with Gasteiger partial charge in [0.05, 0.1) is 31.0 Å². The summed E-state index contributed by atoms with van der Waals surface area (Å²) < 4.78 is 0. The van der Waals surface area contributed by atoms with Gasteiger partial charge < -0.3 is 37.0 Å². The number of nitrogens with zero attached hydrogens (tertiary/aromatic N) is 2. The lowest BCUT2D eigenvalue weighted by Gasteiger charge is -2.26. The first-order valence-corrected chi connectivity index (χ1v) is 19.0. The standard InChI is InChI=1S/C43H50N8O6/c1-27(41(45)55)17-39(53)37(18-29-11-5-3-6-12-29)50-42(56)31(19-32-22-47-36-16-10-9-15-34(32)36)20-38(52)28(2)49-43(57)51(24-30-13-7-4-8-14-30)25-40(54)35(44)21-33-23-46-26-48-33/h3-16,22-23,26-28,31,35,37,47H,17-21,24-25,44H2,1-2H3,(H2,45,55)(H,46,48)(H,49,57)(H,50,56)/t27-,28+,31-,35+,37-/m1/s1. The summed E-state index contributed by atoms with van der Waals surface area (Å²) in [5.74, 6) is -4.03. The van der Waals surface area contributed by atoms with Crippen LogP contribution in [0.2, 0.25) is 0 Å². The number of aromatic nitrogens is 3. The molecule has 5 aromatic rings. The van der Waals surface area contributed by atoms with Crippen molar-refractivity contribution in [3.63, 3.8) is 0 Å². The number of carbonyl (C=O) groups is 6. The van der Waals surface area contributed by atoms with E-state index in [0.717, 1.165) is 27.6 Å². The van der Waals surface area contributed by atoms with Crippen molar-refractivity contribution in [3.05, 3.63) is 126 Å². The minimum atomic E-state index is -1.05. The van der Waals surface area contributed by atoms with Crippen LogP contribution in [0.15, 0.2) is 104 Å². The quantitative estimate of drug-likeness (QED) is 0.0645. The maximum Gasteiger partial charge on any atom is 0.318 e. The summed E-state index contributed by atoms with van der Waals surface area (Å²) in [4.78, 5) is 92.1. The molecule has 0 fully saturated rings. The van der Waals surface area contributed by atoms with Crippen molar-refractivity contribution < 1.29 is 28.8 Å². The number of aromatic amines is 2. The Kier molecular flexibility index (Phi) is 14.6. The van der Waals surface area contributed by atoms with E-state index in [-0.39, 0.29) is 56.8 Å². The van der Waals surface area contributed by atoms with Gasteiger partial charge in [0, 0.05) is 66.6 Å². The van der Waals surface area contributed by atoms with E-state index >= 15 is 0 Å². The van der Waals surface area contributed by atoms with Gasteiger partial charge in [-0.15, -0.1) is 0 Å². The summed E-state index contributed by atoms with van der Waals surface area (Å²) >= 11 is 0. The van der Waals surface area contributed by atoms with Crippen LogP contribution in [-0.4, -0.2) is 79.7 Å². The highest BCUT2D eigenvalue weighted by atomic mass is 16.2. The van der Waals surface area contributed by atoms with Crippen LogP contribution in [-0.2, 0) is 49.8 Å². The third-order valence-electron chi connectivity index (χ3n) is 10.0. The fraction of sp³-hybridized carbons (Fsp3) is 0.326. The molecule has 8 N–H and O–H groups in total. The molecule has 0 saturated carbocycles. The summed E-state index contributed by atoms with van der Waals surface area (Å²) in [6, 6.07) is 22.2. The normalized spacial score (nSPS) is 13.8. The minimum absolute atomic E-state index is 0.0763. The molecule has 5 rings (SSSR count). The first kappa shape index (κ1) is 41.7. The number of imidazole rings is 1. The lowest BCUT2D eigenvalue weighted by atomic mass is 9.90. The molecule has 0 aliphatic rings. The average Bonchev–Trinajstić information content (AvgIpc) is 3.87. The van der Waals surface area contributed by atoms with Gasteiger partial charge >= 0.3 is 6.03 Å². The van der Waals surface area contributed by atoms with Crippen LogP contribution in [0, 0.1) is 11.8 Å². The molecule has 0 aliphatic carbocycles. The van der Waals surface area contributed by atoms with Crippen molar-refractivity contribution in [2.24, 2.45) is 23.3 Å². The van der Waals surface area contributed by atoms with Gasteiger partial charge in [-0.05, 0) is 42.5 Å². The molecule has 0 radical (unpaired) electrons. The Labute approximate surface area is 331 Å². The van der Waals surface area contributed by atoms with Crippen molar-refractivity contribution >= 4 is 46.1 Å². The number of ketones is 3. The van der Waals surface area contributed by atoms with Crippen LogP contribution >= 0.6 is 0 Å². The molecule has 0 aliphatic heterocycles. The van der Waals surface area contributed by atoms with Gasteiger partial charge in [0.1, 0.15) is 0 Å². The molecule has 298 valence electrons. The zero-order valence-electron chi connectivity index (χ0n) is 32.2. The largest absolute Gasteiger partial charge is 0.369 e. The topological polar surface area (TPSA) is 226 Å². The molecule has 2 heterocycles. The minimum Gasteiger partial charge on any atom is -0.369 e. The summed E-state index contributed by atoms with van der Waals surface area (Å²) in [5, 5.41) is 6.51. The molecule has 0 spiro atoms. The van der Waals surface area contributed by atoms with E-state index in [1.807, 2.05) is 84.9 Å². The average molecular weight is 775 g/mol. The summed E-state index contributed by atoms with van der Waals surface area (Å²) in [6.07, 6.45) is 4.93. The van der Waals surface area contributed by atoms with Crippen LogP contribution in [0.1, 0.15) is 49.1 Å². The highest BCUT2D eigenvalue weighted by Crippen LogP contribution is 2.24. The molecule has 0 unspecified atom stereocenters. The number of nitrogens with two attached hydrogens (primary N) is 2. The second-order valence-corrected chi connectivity index (χ2v) is 14.5. The number of H-pyrrole nitrogens is 2. The second-order valence-electron chi connectivity index (χ2n) is 14.5. The maximum atomic E-state index is 14.3. The van der Waals surface area contributed by atoms with E-state index in [9.17, 15) is 28.8 Å². The second kappa shape index (κ2) is 20.0. The van der Waals surface area contributed by atoms with Gasteiger partial charge in [0.25, 0.3) is 0 Å². The number of amides is 4. The zero-order chi connectivity index (χ0) is 40.9. The lowest BCUT2D eigenvalue weighted by molar-refractivity contribution is -0.133. The van der Waals surface area contributed by atoms with Gasteiger partial charge in [-0.2, -0.15) is 0 Å². The Morgan fingerprint density at radius 1 is 0.754 bits per heavy atom. The predicted octanol–water partition coefficient (Wildman–Crippen LogP) is 3.56. The molecule has 14 nitrogen and oxygen atoms in total. The van der Waals surface area contributed by atoms with Crippen molar-refractivity contribution in [2.45, 2.75) is 70.6 Å². The van der Waals surface area contributed by atoms with E-state index in [0.29, 0.717) is 5.69 Å². The Balaban J connectivity index is 1.34. The molecule has 14 heteroatoms. The predicted molar refractivity (Wildman–Crippen MR) is 215 cm³/mol. The van der Waals surface area contributed by atoms with Crippen molar-refractivity contribution in [1.82, 2.24) is 30.5 Å². The van der Waals surface area contributed by atoms with Crippen molar-refractivity contribution in [3.8, 4) is 0 Å². The zero-order valence-corrected chi connectivity index (χ0v) is 32.2. The molecule has 57 heavy (non-hydrogen) atoms. The molecule has 0 bridgehead atoms. The summed E-state index contributed by atoms with van der Waals surface area (Å²) in [6.45, 7) is 2.85. The highest BCUT2D eigenvalue weighted by Gasteiger charge is 2.32. The van der Waals surface area contributed by atoms with Gasteiger partial charge in [-0.1, -0.05) is 85.8 Å². The summed E-state index contributed by atoms with van der Waals surface area (Å²) in [5.41, 5.74) is 15.6. The van der Waals surface area contributed by atoms with E-state index in [4.69, 9.17) is 11.5 Å². The number of primary amides is 1. The number of hydrogen-bond acceptors (Lipinski definition) is 8. The fourth-order valence-electron chi connectivity index (χ4n) is 6.59. The number of benzene rings is 3. The number of Topliss-reactive ketones (excluding diaryl/α,β-unsaturated/α-hetero) is 3. The Hall–Kier alpha value is -6.41. The van der Waals surface area contributed by atoms with Crippen LogP contribution in [0.4, 0.5) is 4.79 Å². The van der Waals surface area contributed by atoms with E-state index < -0.39 is 53.6 Å². The number of rotatable bonds is 21. The first-order chi connectivity index (χ1) is 27.4. The van der Waals surface area contributed by atoms with Crippen LogP contribution in [0.3, 0.4) is 0 Å². The smallest absolute Gasteiger partial charge is 0.318 e. The number of para-hydroxylation sites is 1. The lowest BCUT2D eigenvalue weighted by Crippen LogP contribution is -2.51. The first-order valence-electron chi connectivity index (χ1n) is 19.0. The number of nitrogens with one attached hydrogen (secondary N) is 4.